The molecule has 2 N–H and O–H groups in total. The molecule has 0 aliphatic carbocycles. The van der Waals surface area contributed by atoms with Crippen LogP contribution in [0, 0.1) is 13.8 Å². The minimum Gasteiger partial charge on any atom is -0.370 e. The smallest absolute Gasteiger partial charge is 0.254 e. The van der Waals surface area contributed by atoms with Gasteiger partial charge in [-0.3, -0.25) is 9.59 Å². The highest BCUT2D eigenvalue weighted by atomic mass is 16.2. The summed E-state index contributed by atoms with van der Waals surface area (Å²) in [5, 5.41) is 2.89. The van der Waals surface area contributed by atoms with Gasteiger partial charge >= 0.3 is 0 Å². The van der Waals surface area contributed by atoms with Gasteiger partial charge in [0.2, 0.25) is 5.91 Å². The molecule has 1 atom stereocenters. The maximum Gasteiger partial charge on any atom is 0.254 e. The van der Waals surface area contributed by atoms with Crippen LogP contribution >= 0.6 is 0 Å². The number of nitrogens with one attached hydrogen (secondary N) is 2. The molecule has 0 bridgehead atoms. The number of para-hydroxylation sites is 1. The number of aromatic amines is 1. The summed E-state index contributed by atoms with van der Waals surface area (Å²) >= 11 is 0. The fourth-order valence-electron chi connectivity index (χ4n) is 2.50. The van der Waals surface area contributed by atoms with Gasteiger partial charge in [0, 0.05) is 36.6 Å². The van der Waals surface area contributed by atoms with E-state index in [1.54, 1.807) is 13.8 Å². The second-order valence-corrected chi connectivity index (χ2v) is 5.99. The van der Waals surface area contributed by atoms with Crippen molar-refractivity contribution < 1.29 is 4.79 Å². The zero-order valence-electron chi connectivity index (χ0n) is 14.6. The normalized spacial score (nSPS) is 11.8. The van der Waals surface area contributed by atoms with Crippen LogP contribution in [-0.2, 0) is 11.2 Å². The molecule has 0 fully saturated rings. The molecule has 0 saturated carbocycles. The van der Waals surface area contributed by atoms with Crippen LogP contribution < -0.4 is 15.8 Å². The number of aromatic nitrogens is 2. The largest absolute Gasteiger partial charge is 0.370 e. The summed E-state index contributed by atoms with van der Waals surface area (Å²) in [6.07, 6.45) is 0.0379. The van der Waals surface area contributed by atoms with Crippen molar-refractivity contribution in [1.29, 1.82) is 0 Å². The molecule has 1 unspecified atom stereocenters. The van der Waals surface area contributed by atoms with Gasteiger partial charge in [-0.2, -0.15) is 0 Å². The second kappa shape index (κ2) is 7.77. The van der Waals surface area contributed by atoms with Gasteiger partial charge in [-0.1, -0.05) is 18.2 Å². The van der Waals surface area contributed by atoms with Crippen molar-refractivity contribution in [3.05, 3.63) is 57.8 Å². The molecule has 0 spiro atoms. The average Bonchev–Trinajstić information content (AvgIpc) is 2.56. The molecule has 0 aliphatic heterocycles. The van der Waals surface area contributed by atoms with Gasteiger partial charge in [0.15, 0.2) is 0 Å². The number of benzene rings is 1. The molecule has 1 heterocycles. The van der Waals surface area contributed by atoms with Crippen LogP contribution in [0.5, 0.6) is 0 Å². The van der Waals surface area contributed by atoms with Crippen LogP contribution in [0.4, 0.5) is 5.69 Å². The molecule has 1 aromatic heterocycles. The van der Waals surface area contributed by atoms with Crippen LogP contribution in [0.1, 0.15) is 24.0 Å². The Morgan fingerprint density at radius 1 is 1.29 bits per heavy atom. The van der Waals surface area contributed by atoms with Gasteiger partial charge in [0.05, 0.1) is 6.42 Å². The maximum absolute atomic E-state index is 12.2. The maximum atomic E-state index is 12.2. The minimum atomic E-state index is -0.246. The summed E-state index contributed by atoms with van der Waals surface area (Å²) in [5.41, 5.74) is 1.86. The van der Waals surface area contributed by atoms with Crippen molar-refractivity contribution in [2.24, 2.45) is 0 Å². The summed E-state index contributed by atoms with van der Waals surface area (Å²) in [5.74, 6) is 0.377. The number of H-pyrrole nitrogens is 1. The van der Waals surface area contributed by atoms with Crippen LogP contribution in [0.3, 0.4) is 0 Å². The number of hydrogen-bond donors (Lipinski definition) is 2. The average molecular weight is 328 g/mol. The van der Waals surface area contributed by atoms with E-state index in [0.717, 1.165) is 5.69 Å². The highest BCUT2D eigenvalue weighted by Crippen LogP contribution is 2.13. The second-order valence-electron chi connectivity index (χ2n) is 5.99. The van der Waals surface area contributed by atoms with Crippen molar-refractivity contribution in [3.8, 4) is 0 Å². The van der Waals surface area contributed by atoms with E-state index in [2.05, 4.69) is 20.2 Å². The number of nitrogens with zero attached hydrogens (tertiary/aromatic N) is 2. The van der Waals surface area contributed by atoms with E-state index in [9.17, 15) is 9.59 Å². The summed E-state index contributed by atoms with van der Waals surface area (Å²) in [4.78, 5) is 33.0. The molecule has 1 amide bonds. The van der Waals surface area contributed by atoms with E-state index in [-0.39, 0.29) is 23.9 Å². The van der Waals surface area contributed by atoms with Gasteiger partial charge < -0.3 is 15.2 Å². The molecular formula is C18H24N4O2. The van der Waals surface area contributed by atoms with Crippen molar-refractivity contribution in [2.45, 2.75) is 33.2 Å². The van der Waals surface area contributed by atoms with Crippen molar-refractivity contribution in [1.82, 2.24) is 15.3 Å². The van der Waals surface area contributed by atoms with Gasteiger partial charge in [-0.15, -0.1) is 0 Å². The van der Waals surface area contributed by atoms with E-state index < -0.39 is 0 Å². The standard InChI is InChI=1S/C18H24N4O2/c1-12(22(4)15-8-6-5-7-9-15)11-19-17(23)10-16-13(2)20-14(3)21-18(16)24/h5-9,12H,10-11H2,1-4H3,(H,19,23)(H,20,21,24). The SMILES string of the molecule is Cc1nc(C)c(CC(=O)NCC(C)N(C)c2ccccc2)c(=O)[nH]1. The van der Waals surface area contributed by atoms with Gasteiger partial charge in [-0.25, -0.2) is 4.98 Å². The quantitative estimate of drug-likeness (QED) is 0.844. The third-order valence-electron chi connectivity index (χ3n) is 4.10. The topological polar surface area (TPSA) is 78.1 Å². The van der Waals surface area contributed by atoms with Crippen LogP contribution in [-0.4, -0.2) is 35.5 Å². The lowest BCUT2D eigenvalue weighted by Gasteiger charge is -2.27. The summed E-state index contributed by atoms with van der Waals surface area (Å²) < 4.78 is 0. The third-order valence-corrected chi connectivity index (χ3v) is 4.10. The lowest BCUT2D eigenvalue weighted by Crippen LogP contribution is -2.41. The lowest BCUT2D eigenvalue weighted by molar-refractivity contribution is -0.120. The number of carbonyl (C=O) groups is 1. The van der Waals surface area contributed by atoms with E-state index in [1.165, 1.54) is 0 Å². The first kappa shape index (κ1) is 17.7. The molecule has 0 radical (unpaired) electrons. The number of rotatable bonds is 6. The number of carbonyl (C=O) groups excluding carboxylic acids is 1. The molecule has 6 heteroatoms. The van der Waals surface area contributed by atoms with Crippen LogP contribution in [0.15, 0.2) is 35.1 Å². The monoisotopic (exact) mass is 328 g/mol. The Balaban J connectivity index is 1.93. The molecule has 2 aromatic rings. The Labute approximate surface area is 141 Å². The predicted octanol–water partition coefficient (Wildman–Crippen LogP) is 1.57. The molecule has 24 heavy (non-hydrogen) atoms. The van der Waals surface area contributed by atoms with Gasteiger partial charge in [-0.05, 0) is 32.9 Å². The molecular weight excluding hydrogens is 304 g/mol. The highest BCUT2D eigenvalue weighted by Gasteiger charge is 2.14. The van der Waals surface area contributed by atoms with Gasteiger partial charge in [0.25, 0.3) is 5.56 Å². The Morgan fingerprint density at radius 3 is 2.58 bits per heavy atom. The van der Waals surface area contributed by atoms with Crippen LogP contribution in [0.2, 0.25) is 0 Å². The summed E-state index contributed by atoms with van der Waals surface area (Å²) in [6.45, 7) is 6.01. The van der Waals surface area contributed by atoms with E-state index >= 15 is 0 Å². The molecule has 128 valence electrons. The summed E-state index contributed by atoms with van der Waals surface area (Å²) in [7, 11) is 1.99. The number of aryl methyl sites for hydroxylation is 2. The minimum absolute atomic E-state index is 0.0379. The molecule has 2 rings (SSSR count). The lowest BCUT2D eigenvalue weighted by atomic mass is 10.1. The fraction of sp³-hybridized carbons (Fsp3) is 0.389. The Morgan fingerprint density at radius 2 is 1.96 bits per heavy atom. The Kier molecular flexibility index (Phi) is 5.73. The van der Waals surface area contributed by atoms with Crippen molar-refractivity contribution >= 4 is 11.6 Å². The number of amides is 1. The summed E-state index contributed by atoms with van der Waals surface area (Å²) in [6, 6.07) is 10.1. The van der Waals surface area contributed by atoms with E-state index in [0.29, 0.717) is 23.6 Å². The molecule has 0 aliphatic rings. The zero-order valence-corrected chi connectivity index (χ0v) is 14.6. The van der Waals surface area contributed by atoms with Crippen molar-refractivity contribution in [3.63, 3.8) is 0 Å². The van der Waals surface area contributed by atoms with Crippen LogP contribution in [0.25, 0.3) is 0 Å². The molecule has 1 aromatic carbocycles. The fourth-order valence-corrected chi connectivity index (χ4v) is 2.50. The zero-order chi connectivity index (χ0) is 17.7. The third kappa shape index (κ3) is 4.44. The number of anilines is 1. The van der Waals surface area contributed by atoms with Gasteiger partial charge in [0.1, 0.15) is 5.82 Å². The predicted molar refractivity (Wildman–Crippen MR) is 95.4 cm³/mol. The van der Waals surface area contributed by atoms with E-state index in [1.807, 2.05) is 44.3 Å². The highest BCUT2D eigenvalue weighted by molar-refractivity contribution is 5.78. The Bertz CT molecular complexity index is 755. The first-order chi connectivity index (χ1) is 11.4. The Hall–Kier alpha value is -2.63. The first-order valence-electron chi connectivity index (χ1n) is 7.99. The molecule has 6 nitrogen and oxygen atoms in total. The van der Waals surface area contributed by atoms with E-state index in [4.69, 9.17) is 0 Å². The number of likely N-dealkylation sites (N-methyl/N-ethyl adjacent to an activating group) is 1. The molecule has 0 saturated heterocycles. The first-order valence-corrected chi connectivity index (χ1v) is 7.99. The van der Waals surface area contributed by atoms with Crippen molar-refractivity contribution in [2.75, 3.05) is 18.5 Å². The number of hydrogen-bond acceptors (Lipinski definition) is 4.